The second kappa shape index (κ2) is 6.91. The van der Waals surface area contributed by atoms with Crippen molar-refractivity contribution in [3.63, 3.8) is 0 Å². The Labute approximate surface area is 129 Å². The van der Waals surface area contributed by atoms with Crippen LogP contribution >= 0.6 is 11.6 Å². The highest BCUT2D eigenvalue weighted by molar-refractivity contribution is 6.28. The monoisotopic (exact) mass is 309 g/mol. The molecule has 1 heterocycles. The molecular weight excluding hydrogens is 290 g/mol. The first-order chi connectivity index (χ1) is 9.99. The quantitative estimate of drug-likeness (QED) is 0.528. The molecule has 2 N–H and O–H groups in total. The molecule has 1 aromatic rings. The van der Waals surface area contributed by atoms with Gasteiger partial charge in [0.05, 0.1) is 23.8 Å². The zero-order valence-corrected chi connectivity index (χ0v) is 13.0. The summed E-state index contributed by atoms with van der Waals surface area (Å²) in [6.45, 7) is 5.18. The van der Waals surface area contributed by atoms with Crippen LogP contribution in [-0.4, -0.2) is 47.8 Å². The zero-order valence-electron chi connectivity index (χ0n) is 12.3. The lowest BCUT2D eigenvalue weighted by Crippen LogP contribution is -2.48. The van der Waals surface area contributed by atoms with Gasteiger partial charge in [-0.05, 0) is 38.1 Å². The zero-order chi connectivity index (χ0) is 15.4. The molecule has 1 aliphatic heterocycles. The first kappa shape index (κ1) is 15.8. The van der Waals surface area contributed by atoms with Crippen molar-refractivity contribution < 1.29 is 9.53 Å². The number of amidine groups is 1. The summed E-state index contributed by atoms with van der Waals surface area (Å²) in [5, 5.41) is 0. The van der Waals surface area contributed by atoms with Gasteiger partial charge in [-0.15, -0.1) is 11.6 Å². The third-order valence-corrected chi connectivity index (χ3v) is 3.50. The van der Waals surface area contributed by atoms with Gasteiger partial charge in [-0.1, -0.05) is 0 Å². The molecule has 0 spiro atoms. The summed E-state index contributed by atoms with van der Waals surface area (Å²) in [4.78, 5) is 18.4. The van der Waals surface area contributed by atoms with Crippen LogP contribution in [-0.2, 0) is 4.74 Å². The number of nitrogens with two attached hydrogens (primary N) is 1. The average molecular weight is 310 g/mol. The number of nitrogens with zero attached hydrogens (tertiary/aromatic N) is 2. The van der Waals surface area contributed by atoms with Crippen molar-refractivity contribution in [1.82, 2.24) is 4.90 Å². The lowest BCUT2D eigenvalue weighted by molar-refractivity contribution is -0.0586. The first-order valence-electron chi connectivity index (χ1n) is 6.93. The van der Waals surface area contributed by atoms with Crippen LogP contribution in [0.25, 0.3) is 0 Å². The maximum Gasteiger partial charge on any atom is 0.254 e. The van der Waals surface area contributed by atoms with E-state index in [4.69, 9.17) is 22.1 Å². The van der Waals surface area contributed by atoms with Gasteiger partial charge in [-0.3, -0.25) is 4.79 Å². The molecule has 0 aliphatic carbocycles. The van der Waals surface area contributed by atoms with Crippen molar-refractivity contribution in [2.75, 3.05) is 19.0 Å². The molecule has 0 bridgehead atoms. The largest absolute Gasteiger partial charge is 0.386 e. The van der Waals surface area contributed by atoms with Gasteiger partial charge in [0.2, 0.25) is 0 Å². The van der Waals surface area contributed by atoms with Gasteiger partial charge < -0.3 is 15.4 Å². The van der Waals surface area contributed by atoms with Gasteiger partial charge in [0.25, 0.3) is 5.91 Å². The van der Waals surface area contributed by atoms with E-state index in [0.29, 0.717) is 30.2 Å². The van der Waals surface area contributed by atoms with Crippen molar-refractivity contribution >= 4 is 29.0 Å². The highest BCUT2D eigenvalue weighted by atomic mass is 35.5. The Morgan fingerprint density at radius 2 is 1.90 bits per heavy atom. The number of alkyl halides is 1. The molecule has 5 nitrogen and oxygen atoms in total. The fraction of sp³-hybridized carbons (Fsp3) is 0.467. The summed E-state index contributed by atoms with van der Waals surface area (Å²) >= 11 is 5.58. The summed E-state index contributed by atoms with van der Waals surface area (Å²) in [6, 6.07) is 7.04. The molecule has 2 rings (SSSR count). The molecule has 114 valence electrons. The van der Waals surface area contributed by atoms with Crippen LogP contribution in [0.3, 0.4) is 0 Å². The number of aliphatic imine (C=N–C) groups is 1. The molecule has 1 amide bonds. The van der Waals surface area contributed by atoms with Crippen LogP contribution in [0.15, 0.2) is 29.3 Å². The number of rotatable bonds is 3. The molecule has 1 aromatic carbocycles. The number of carbonyl (C=O) groups excluding carboxylic acids is 1. The number of halogens is 1. The van der Waals surface area contributed by atoms with E-state index < -0.39 is 0 Å². The fourth-order valence-corrected chi connectivity index (χ4v) is 2.46. The summed E-state index contributed by atoms with van der Waals surface area (Å²) < 4.78 is 5.64. The van der Waals surface area contributed by atoms with Crippen LogP contribution in [0.4, 0.5) is 5.69 Å². The third kappa shape index (κ3) is 4.19. The van der Waals surface area contributed by atoms with Gasteiger partial charge in [0.1, 0.15) is 5.84 Å². The molecule has 0 radical (unpaired) electrons. The van der Waals surface area contributed by atoms with E-state index in [9.17, 15) is 4.79 Å². The molecule has 1 fully saturated rings. The highest BCUT2D eigenvalue weighted by Gasteiger charge is 2.26. The summed E-state index contributed by atoms with van der Waals surface area (Å²) in [5.41, 5.74) is 6.91. The van der Waals surface area contributed by atoms with Crippen molar-refractivity contribution in [3.05, 3.63) is 29.8 Å². The number of ether oxygens (including phenoxy) is 1. The molecular formula is C15H20ClN3O2. The smallest absolute Gasteiger partial charge is 0.254 e. The van der Waals surface area contributed by atoms with Crippen molar-refractivity contribution in [3.8, 4) is 0 Å². The van der Waals surface area contributed by atoms with Crippen LogP contribution in [0, 0.1) is 0 Å². The minimum absolute atomic E-state index is 0.0119. The predicted molar refractivity (Wildman–Crippen MR) is 84.4 cm³/mol. The van der Waals surface area contributed by atoms with Gasteiger partial charge in [-0.25, -0.2) is 4.99 Å². The lowest BCUT2D eigenvalue weighted by atomic mass is 10.1. The Kier molecular flexibility index (Phi) is 5.20. The van der Waals surface area contributed by atoms with Gasteiger partial charge in [-0.2, -0.15) is 0 Å². The van der Waals surface area contributed by atoms with E-state index in [-0.39, 0.29) is 24.0 Å². The van der Waals surface area contributed by atoms with Crippen LogP contribution < -0.4 is 5.73 Å². The Morgan fingerprint density at radius 3 is 2.43 bits per heavy atom. The van der Waals surface area contributed by atoms with Crippen LogP contribution in [0.5, 0.6) is 0 Å². The Hall–Kier alpha value is -1.59. The number of morpholine rings is 1. The molecule has 1 aliphatic rings. The van der Waals surface area contributed by atoms with Gasteiger partial charge in [0.15, 0.2) is 0 Å². The minimum atomic E-state index is 0.0119. The fourth-order valence-electron chi connectivity index (χ4n) is 2.40. The normalized spacial score (nSPS) is 23.2. The summed E-state index contributed by atoms with van der Waals surface area (Å²) in [7, 11) is 0. The maximum absolute atomic E-state index is 12.5. The SMILES string of the molecule is CC1CN(C(=O)c2ccc(N=C(N)CCl)cc2)CC(C)O1. The Morgan fingerprint density at radius 1 is 1.33 bits per heavy atom. The topological polar surface area (TPSA) is 67.9 Å². The van der Waals surface area contributed by atoms with Crippen LogP contribution in [0.2, 0.25) is 0 Å². The number of hydrogen-bond donors (Lipinski definition) is 1. The summed E-state index contributed by atoms with van der Waals surface area (Å²) in [6.07, 6.45) is 0.121. The van der Waals surface area contributed by atoms with Gasteiger partial charge >= 0.3 is 0 Å². The molecule has 0 aromatic heterocycles. The van der Waals surface area contributed by atoms with Gasteiger partial charge in [0, 0.05) is 18.7 Å². The van der Waals surface area contributed by atoms with E-state index in [0.717, 1.165) is 0 Å². The summed E-state index contributed by atoms with van der Waals surface area (Å²) in [5.74, 6) is 0.550. The van der Waals surface area contributed by atoms with E-state index in [2.05, 4.69) is 4.99 Å². The minimum Gasteiger partial charge on any atom is -0.386 e. The van der Waals surface area contributed by atoms with Crippen LogP contribution in [0.1, 0.15) is 24.2 Å². The second-order valence-corrected chi connectivity index (χ2v) is 5.52. The van der Waals surface area contributed by atoms with E-state index >= 15 is 0 Å². The average Bonchev–Trinajstić information content (AvgIpc) is 2.46. The molecule has 2 unspecified atom stereocenters. The molecule has 2 atom stereocenters. The number of carbonyl (C=O) groups is 1. The first-order valence-corrected chi connectivity index (χ1v) is 7.47. The number of benzene rings is 1. The lowest BCUT2D eigenvalue weighted by Gasteiger charge is -2.35. The molecule has 0 saturated carbocycles. The standard InChI is InChI=1S/C15H20ClN3O2/c1-10-8-19(9-11(2)21-10)15(20)12-3-5-13(6-4-12)18-14(17)7-16/h3-6,10-11H,7-9H2,1-2H3,(H2,17,18). The van der Waals surface area contributed by atoms with Crippen molar-refractivity contribution in [1.29, 1.82) is 0 Å². The van der Waals surface area contributed by atoms with Crippen molar-refractivity contribution in [2.24, 2.45) is 10.7 Å². The maximum atomic E-state index is 12.5. The van der Waals surface area contributed by atoms with E-state index in [1.54, 1.807) is 24.3 Å². The number of hydrogen-bond acceptors (Lipinski definition) is 3. The molecule has 21 heavy (non-hydrogen) atoms. The molecule has 1 saturated heterocycles. The number of amides is 1. The predicted octanol–water partition coefficient (Wildman–Crippen LogP) is 2.16. The molecule has 6 heteroatoms. The third-order valence-electron chi connectivity index (χ3n) is 3.23. The highest BCUT2D eigenvalue weighted by Crippen LogP contribution is 2.17. The van der Waals surface area contributed by atoms with E-state index in [1.807, 2.05) is 18.7 Å². The second-order valence-electron chi connectivity index (χ2n) is 5.25. The van der Waals surface area contributed by atoms with Crippen molar-refractivity contribution in [2.45, 2.75) is 26.1 Å². The Balaban J connectivity index is 2.09. The Bertz CT molecular complexity index is 520. The van der Waals surface area contributed by atoms with E-state index in [1.165, 1.54) is 0 Å².